The van der Waals surface area contributed by atoms with Crippen LogP contribution in [0.4, 0.5) is 11.4 Å². The highest BCUT2D eigenvalue weighted by Gasteiger charge is 2.21. The van der Waals surface area contributed by atoms with Gasteiger partial charge < -0.3 is 10.2 Å². The normalized spacial score (nSPS) is 12.1. The molecule has 0 saturated heterocycles. The Balaban J connectivity index is 2.26. The van der Waals surface area contributed by atoms with Crippen molar-refractivity contribution < 1.29 is 18.6 Å². The molecule has 0 atom stereocenters. The molecule has 0 aromatic heterocycles. The summed E-state index contributed by atoms with van der Waals surface area (Å²) in [7, 11) is -3.52. The molecule has 0 spiro atoms. The fourth-order valence-electron chi connectivity index (χ4n) is 2.13. The van der Waals surface area contributed by atoms with E-state index in [1.807, 2.05) is 0 Å². The van der Waals surface area contributed by atoms with E-state index in [0.717, 1.165) is 0 Å². The highest BCUT2D eigenvalue weighted by molar-refractivity contribution is 7.89. The number of phenols is 2. The van der Waals surface area contributed by atoms with Crippen LogP contribution >= 0.6 is 0 Å². The Bertz CT molecular complexity index is 809. The summed E-state index contributed by atoms with van der Waals surface area (Å²) in [5, 5.41) is 27.0. The van der Waals surface area contributed by atoms with Gasteiger partial charge in [-0.15, -0.1) is 5.11 Å². The molecule has 0 bridgehead atoms. The summed E-state index contributed by atoms with van der Waals surface area (Å²) in [4.78, 5) is 0.176. The lowest BCUT2D eigenvalue weighted by molar-refractivity contribution is 0.445. The Morgan fingerprint density at radius 3 is 1.96 bits per heavy atom. The highest BCUT2D eigenvalue weighted by atomic mass is 32.2. The molecular weight excluding hydrogens is 330 g/mol. The van der Waals surface area contributed by atoms with Crippen molar-refractivity contribution in [1.29, 1.82) is 0 Å². The zero-order valence-corrected chi connectivity index (χ0v) is 14.2. The van der Waals surface area contributed by atoms with Crippen molar-refractivity contribution in [2.24, 2.45) is 10.2 Å². The van der Waals surface area contributed by atoms with Gasteiger partial charge in [0, 0.05) is 13.1 Å². The van der Waals surface area contributed by atoms with Gasteiger partial charge in [-0.2, -0.15) is 9.42 Å². The molecule has 24 heavy (non-hydrogen) atoms. The van der Waals surface area contributed by atoms with E-state index in [2.05, 4.69) is 10.2 Å². The van der Waals surface area contributed by atoms with E-state index in [4.69, 9.17) is 0 Å². The Morgan fingerprint density at radius 2 is 1.46 bits per heavy atom. The maximum atomic E-state index is 12.4. The van der Waals surface area contributed by atoms with Crippen molar-refractivity contribution in [3.63, 3.8) is 0 Å². The van der Waals surface area contributed by atoms with E-state index in [1.165, 1.54) is 46.8 Å². The van der Waals surface area contributed by atoms with Crippen LogP contribution in [0.1, 0.15) is 13.8 Å². The second kappa shape index (κ2) is 7.41. The zero-order valence-electron chi connectivity index (χ0n) is 13.4. The number of rotatable bonds is 6. The average molecular weight is 349 g/mol. The molecule has 0 aliphatic carbocycles. The molecule has 7 nitrogen and oxygen atoms in total. The molecule has 0 unspecified atom stereocenters. The molecule has 2 rings (SSSR count). The largest absolute Gasteiger partial charge is 0.505 e. The summed E-state index contributed by atoms with van der Waals surface area (Å²) in [5.41, 5.74) is 0.355. The van der Waals surface area contributed by atoms with Gasteiger partial charge in [0.15, 0.2) is 5.69 Å². The van der Waals surface area contributed by atoms with Gasteiger partial charge in [-0.3, -0.25) is 0 Å². The third-order valence-electron chi connectivity index (χ3n) is 3.44. The van der Waals surface area contributed by atoms with Crippen LogP contribution in [0, 0.1) is 0 Å². The molecule has 0 saturated carbocycles. The highest BCUT2D eigenvalue weighted by Crippen LogP contribution is 2.36. The molecule has 2 N–H and O–H groups in total. The van der Waals surface area contributed by atoms with Crippen molar-refractivity contribution in [3.05, 3.63) is 42.5 Å². The Labute approximate surface area is 141 Å². The van der Waals surface area contributed by atoms with Gasteiger partial charge in [0.2, 0.25) is 10.0 Å². The fraction of sp³-hybridized carbons (Fsp3) is 0.250. The molecule has 2 aromatic rings. The first-order chi connectivity index (χ1) is 11.4. The number of nitrogens with zero attached hydrogens (tertiary/aromatic N) is 3. The predicted molar refractivity (Wildman–Crippen MR) is 90.5 cm³/mol. The van der Waals surface area contributed by atoms with E-state index < -0.39 is 10.0 Å². The summed E-state index contributed by atoms with van der Waals surface area (Å²) < 4.78 is 26.1. The number of hydrogen-bond acceptors (Lipinski definition) is 6. The fourth-order valence-corrected chi connectivity index (χ4v) is 3.59. The standard InChI is InChI=1S/C16H19N3O4S/c1-3-19(4-2)24(22,23)13-10-8-12(9-11-13)17-18-16-14(20)6-5-7-15(16)21/h5-11,20-21H,3-4H2,1-2H3. The first kappa shape index (κ1) is 17.9. The third kappa shape index (κ3) is 3.72. The second-order valence-electron chi connectivity index (χ2n) is 4.93. The van der Waals surface area contributed by atoms with Crippen LogP contribution in [-0.4, -0.2) is 36.0 Å². The molecule has 0 fully saturated rings. The monoisotopic (exact) mass is 349 g/mol. The Kier molecular flexibility index (Phi) is 5.53. The van der Waals surface area contributed by atoms with Crippen molar-refractivity contribution in [3.8, 4) is 11.5 Å². The molecular formula is C16H19N3O4S. The summed E-state index contributed by atoms with van der Waals surface area (Å²) in [5.74, 6) is -0.390. The smallest absolute Gasteiger partial charge is 0.243 e. The second-order valence-corrected chi connectivity index (χ2v) is 6.87. The average Bonchev–Trinajstić information content (AvgIpc) is 2.55. The van der Waals surface area contributed by atoms with Crippen molar-refractivity contribution >= 4 is 21.4 Å². The van der Waals surface area contributed by atoms with Crippen LogP contribution < -0.4 is 0 Å². The third-order valence-corrected chi connectivity index (χ3v) is 5.50. The van der Waals surface area contributed by atoms with E-state index >= 15 is 0 Å². The minimum atomic E-state index is -3.52. The van der Waals surface area contributed by atoms with Crippen molar-refractivity contribution in [2.45, 2.75) is 18.7 Å². The minimum absolute atomic E-state index is 0.0441. The number of benzene rings is 2. The summed E-state index contributed by atoms with van der Waals surface area (Å²) in [6.45, 7) is 4.35. The molecule has 2 aromatic carbocycles. The molecule has 0 amide bonds. The van der Waals surface area contributed by atoms with Crippen LogP contribution in [-0.2, 0) is 10.0 Å². The van der Waals surface area contributed by atoms with Crippen LogP contribution in [0.5, 0.6) is 11.5 Å². The lowest BCUT2D eigenvalue weighted by Crippen LogP contribution is -2.30. The van der Waals surface area contributed by atoms with E-state index in [9.17, 15) is 18.6 Å². The first-order valence-electron chi connectivity index (χ1n) is 7.43. The molecule has 0 aliphatic heterocycles. The van der Waals surface area contributed by atoms with Gasteiger partial charge in [-0.25, -0.2) is 8.42 Å². The number of sulfonamides is 1. The summed E-state index contributed by atoms with van der Waals surface area (Å²) in [6.07, 6.45) is 0. The number of phenolic OH excluding ortho intramolecular Hbond substituents is 2. The first-order valence-corrected chi connectivity index (χ1v) is 8.87. The molecule has 8 heteroatoms. The van der Waals surface area contributed by atoms with Crippen molar-refractivity contribution in [1.82, 2.24) is 4.31 Å². The van der Waals surface area contributed by atoms with Gasteiger partial charge in [-0.05, 0) is 36.4 Å². The van der Waals surface area contributed by atoms with E-state index in [0.29, 0.717) is 18.8 Å². The Morgan fingerprint density at radius 1 is 0.917 bits per heavy atom. The molecule has 0 heterocycles. The van der Waals surface area contributed by atoms with Gasteiger partial charge in [0.1, 0.15) is 11.5 Å². The molecule has 0 radical (unpaired) electrons. The lowest BCUT2D eigenvalue weighted by Gasteiger charge is -2.18. The number of aromatic hydroxyl groups is 2. The summed E-state index contributed by atoms with van der Waals surface area (Å²) in [6, 6.07) is 10.2. The van der Waals surface area contributed by atoms with Gasteiger partial charge >= 0.3 is 0 Å². The predicted octanol–water partition coefficient (Wildman–Crippen LogP) is 3.54. The van der Waals surface area contributed by atoms with Crippen LogP contribution in [0.15, 0.2) is 57.6 Å². The zero-order chi connectivity index (χ0) is 17.7. The van der Waals surface area contributed by atoms with Crippen LogP contribution in [0.2, 0.25) is 0 Å². The summed E-state index contributed by atoms with van der Waals surface area (Å²) >= 11 is 0. The topological polar surface area (TPSA) is 103 Å². The SMILES string of the molecule is CCN(CC)S(=O)(=O)c1ccc(N=Nc2c(O)cccc2O)cc1. The van der Waals surface area contributed by atoms with Gasteiger partial charge in [-0.1, -0.05) is 19.9 Å². The minimum Gasteiger partial charge on any atom is -0.505 e. The van der Waals surface area contributed by atoms with Crippen LogP contribution in [0.25, 0.3) is 0 Å². The molecule has 0 aliphatic rings. The van der Waals surface area contributed by atoms with E-state index in [-0.39, 0.29) is 22.1 Å². The van der Waals surface area contributed by atoms with Gasteiger partial charge in [0.25, 0.3) is 0 Å². The van der Waals surface area contributed by atoms with Gasteiger partial charge in [0.05, 0.1) is 10.6 Å². The maximum Gasteiger partial charge on any atom is 0.243 e. The quantitative estimate of drug-likeness (QED) is 0.778. The lowest BCUT2D eigenvalue weighted by atomic mass is 10.3. The van der Waals surface area contributed by atoms with Crippen LogP contribution in [0.3, 0.4) is 0 Å². The van der Waals surface area contributed by atoms with E-state index in [1.54, 1.807) is 13.8 Å². The maximum absolute atomic E-state index is 12.4. The number of hydrogen-bond donors (Lipinski definition) is 2. The molecule has 128 valence electrons. The van der Waals surface area contributed by atoms with Crippen molar-refractivity contribution in [2.75, 3.05) is 13.1 Å². The Hall–Kier alpha value is -2.45. The number of azo groups is 1.